The van der Waals surface area contributed by atoms with Crippen LogP contribution in [0.2, 0.25) is 15.1 Å². The van der Waals surface area contributed by atoms with Crippen LogP contribution in [0.5, 0.6) is 11.5 Å². The van der Waals surface area contributed by atoms with Gasteiger partial charge in [-0.3, -0.25) is 14.9 Å². The summed E-state index contributed by atoms with van der Waals surface area (Å²) in [6, 6.07) is 15.6. The van der Waals surface area contributed by atoms with Crippen LogP contribution in [0.15, 0.2) is 54.6 Å². The molecular formula is C29H29Cl3N4O4S. The third-order valence-electron chi connectivity index (χ3n) is 6.37. The van der Waals surface area contributed by atoms with Crippen molar-refractivity contribution >= 4 is 75.3 Å². The normalized spacial score (nSPS) is 13.0. The highest BCUT2D eigenvalue weighted by Gasteiger charge is 2.24. The third kappa shape index (κ3) is 7.74. The van der Waals surface area contributed by atoms with E-state index in [-0.39, 0.29) is 27.4 Å². The number of methoxy groups -OCH3 is 1. The Morgan fingerprint density at radius 3 is 2.29 bits per heavy atom. The summed E-state index contributed by atoms with van der Waals surface area (Å²) < 4.78 is 10.8. The zero-order valence-corrected chi connectivity index (χ0v) is 25.6. The largest absolute Gasteiger partial charge is 0.494 e. The number of rotatable bonds is 8. The van der Waals surface area contributed by atoms with Gasteiger partial charge in [-0.1, -0.05) is 41.7 Å². The predicted octanol–water partition coefficient (Wildman–Crippen LogP) is 6.53. The van der Waals surface area contributed by atoms with Crippen LogP contribution in [0.25, 0.3) is 0 Å². The topological polar surface area (TPSA) is 83.1 Å². The zero-order chi connectivity index (χ0) is 29.5. The van der Waals surface area contributed by atoms with Crippen LogP contribution in [-0.4, -0.2) is 61.7 Å². The average Bonchev–Trinajstić information content (AvgIpc) is 2.95. The molecule has 0 unspecified atom stereocenters. The lowest BCUT2D eigenvalue weighted by Crippen LogP contribution is -2.48. The maximum absolute atomic E-state index is 13.0. The molecule has 0 atom stereocenters. The Bertz CT molecular complexity index is 1430. The van der Waals surface area contributed by atoms with Crippen LogP contribution < -0.4 is 25.0 Å². The summed E-state index contributed by atoms with van der Waals surface area (Å²) >= 11 is 24.1. The number of thiocarbonyl (C=S) groups is 1. The second kappa shape index (κ2) is 14.1. The molecule has 2 amide bonds. The lowest BCUT2D eigenvalue weighted by atomic mass is 10.1. The van der Waals surface area contributed by atoms with Crippen molar-refractivity contribution in [1.29, 1.82) is 0 Å². The zero-order valence-electron chi connectivity index (χ0n) is 22.5. The Morgan fingerprint density at radius 2 is 1.66 bits per heavy atom. The summed E-state index contributed by atoms with van der Waals surface area (Å²) in [5.74, 6) is 0.417. The van der Waals surface area contributed by atoms with E-state index in [9.17, 15) is 9.59 Å². The molecule has 1 heterocycles. The number of hydrogen-bond acceptors (Lipinski definition) is 6. The third-order valence-corrected chi connectivity index (χ3v) is 7.38. The number of benzene rings is 3. The first kappa shape index (κ1) is 30.7. The number of carbonyl (C=O) groups excluding carboxylic acids is 2. The fraction of sp³-hybridized carbons (Fsp3) is 0.276. The van der Waals surface area contributed by atoms with Crippen LogP contribution in [0.4, 0.5) is 11.4 Å². The molecule has 41 heavy (non-hydrogen) atoms. The lowest BCUT2D eigenvalue weighted by Gasteiger charge is -2.36. The highest BCUT2D eigenvalue weighted by Crippen LogP contribution is 2.33. The van der Waals surface area contributed by atoms with Gasteiger partial charge in [0.1, 0.15) is 11.5 Å². The summed E-state index contributed by atoms with van der Waals surface area (Å²) in [6.45, 7) is 5.09. The summed E-state index contributed by atoms with van der Waals surface area (Å²) in [7, 11) is 1.41. The van der Waals surface area contributed by atoms with Gasteiger partial charge >= 0.3 is 0 Å². The Hall–Kier alpha value is -3.24. The van der Waals surface area contributed by atoms with Gasteiger partial charge in [-0.25, -0.2) is 0 Å². The predicted molar refractivity (Wildman–Crippen MR) is 168 cm³/mol. The number of nitrogens with zero attached hydrogens (tertiary/aromatic N) is 2. The highest BCUT2D eigenvalue weighted by molar-refractivity contribution is 7.80. The van der Waals surface area contributed by atoms with Gasteiger partial charge in [0.2, 0.25) is 0 Å². The first-order chi connectivity index (χ1) is 19.7. The van der Waals surface area contributed by atoms with Gasteiger partial charge in [0.15, 0.2) is 5.11 Å². The number of piperazine rings is 1. The molecule has 0 aromatic heterocycles. The van der Waals surface area contributed by atoms with E-state index in [1.54, 1.807) is 18.2 Å². The lowest BCUT2D eigenvalue weighted by molar-refractivity contribution is 0.0746. The van der Waals surface area contributed by atoms with Gasteiger partial charge in [0.25, 0.3) is 11.8 Å². The van der Waals surface area contributed by atoms with Crippen molar-refractivity contribution in [3.05, 3.63) is 80.8 Å². The van der Waals surface area contributed by atoms with Crippen molar-refractivity contribution in [2.75, 3.05) is 50.1 Å². The van der Waals surface area contributed by atoms with Crippen LogP contribution in [0.1, 0.15) is 34.1 Å². The maximum atomic E-state index is 13.0. The fourth-order valence-electron chi connectivity index (χ4n) is 4.36. The van der Waals surface area contributed by atoms with Crippen LogP contribution in [-0.2, 0) is 0 Å². The molecule has 3 aromatic rings. The molecule has 0 saturated carbocycles. The van der Waals surface area contributed by atoms with E-state index >= 15 is 0 Å². The van der Waals surface area contributed by atoms with Gasteiger partial charge in [-0.2, -0.15) is 0 Å². The van der Waals surface area contributed by atoms with Crippen molar-refractivity contribution in [2.45, 2.75) is 13.3 Å². The molecule has 216 valence electrons. The van der Waals surface area contributed by atoms with Crippen LogP contribution >= 0.6 is 47.0 Å². The molecule has 4 rings (SSSR count). The fourth-order valence-corrected chi connectivity index (χ4v) is 5.44. The minimum absolute atomic E-state index is 0.00874. The number of amides is 2. The number of hydrogen-bond donors (Lipinski definition) is 2. The van der Waals surface area contributed by atoms with E-state index in [1.165, 1.54) is 19.2 Å². The van der Waals surface area contributed by atoms with Gasteiger partial charge in [-0.15, -0.1) is 0 Å². The van der Waals surface area contributed by atoms with E-state index in [0.717, 1.165) is 17.9 Å². The molecule has 3 aromatic carbocycles. The van der Waals surface area contributed by atoms with Gasteiger partial charge < -0.3 is 24.6 Å². The molecule has 1 fully saturated rings. The summed E-state index contributed by atoms with van der Waals surface area (Å²) in [5, 5.41) is 6.64. The van der Waals surface area contributed by atoms with Crippen molar-refractivity contribution in [3.63, 3.8) is 0 Å². The molecular weight excluding hydrogens is 607 g/mol. The number of carbonyl (C=O) groups is 2. The first-order valence-corrected chi connectivity index (χ1v) is 14.5. The van der Waals surface area contributed by atoms with E-state index in [0.29, 0.717) is 54.1 Å². The summed E-state index contributed by atoms with van der Waals surface area (Å²) in [4.78, 5) is 29.7. The highest BCUT2D eigenvalue weighted by atomic mass is 35.5. The van der Waals surface area contributed by atoms with Gasteiger partial charge in [0, 0.05) is 42.5 Å². The second-order valence-corrected chi connectivity index (χ2v) is 10.9. The van der Waals surface area contributed by atoms with Crippen LogP contribution in [0.3, 0.4) is 0 Å². The Balaban J connectivity index is 1.32. The molecule has 0 bridgehead atoms. The number of nitrogens with one attached hydrogen (secondary N) is 2. The molecule has 1 aliphatic heterocycles. The van der Waals surface area contributed by atoms with Crippen molar-refractivity contribution in [2.24, 2.45) is 0 Å². The van der Waals surface area contributed by atoms with E-state index in [4.69, 9.17) is 56.5 Å². The quantitative estimate of drug-likeness (QED) is 0.272. The van der Waals surface area contributed by atoms with E-state index < -0.39 is 5.91 Å². The number of halogens is 3. The van der Waals surface area contributed by atoms with Gasteiger partial charge in [-0.05, 0) is 73.2 Å². The van der Waals surface area contributed by atoms with Gasteiger partial charge in [0.05, 0.1) is 35.0 Å². The van der Waals surface area contributed by atoms with Crippen LogP contribution in [0, 0.1) is 0 Å². The average molecular weight is 636 g/mol. The minimum Gasteiger partial charge on any atom is -0.494 e. The number of ether oxygens (including phenoxy) is 2. The molecule has 0 radical (unpaired) electrons. The first-order valence-electron chi connectivity index (χ1n) is 12.9. The smallest absolute Gasteiger partial charge is 0.261 e. The second-order valence-electron chi connectivity index (χ2n) is 9.19. The molecule has 8 nitrogen and oxygen atoms in total. The van der Waals surface area contributed by atoms with Crippen molar-refractivity contribution < 1.29 is 19.1 Å². The molecule has 12 heteroatoms. The molecule has 1 aliphatic rings. The maximum Gasteiger partial charge on any atom is 0.261 e. The molecule has 0 spiro atoms. The Morgan fingerprint density at radius 1 is 0.951 bits per heavy atom. The van der Waals surface area contributed by atoms with Crippen molar-refractivity contribution in [3.8, 4) is 11.5 Å². The summed E-state index contributed by atoms with van der Waals surface area (Å²) in [5.41, 5.74) is 2.23. The molecule has 0 aliphatic carbocycles. The Kier molecular flexibility index (Phi) is 10.6. The van der Waals surface area contributed by atoms with Crippen molar-refractivity contribution in [1.82, 2.24) is 10.2 Å². The molecule has 1 saturated heterocycles. The Labute approximate surface area is 259 Å². The number of anilines is 2. The minimum atomic E-state index is -0.528. The standard InChI is InChI=1S/C29H29Cl3N4O4S/c1-3-14-40-21-7-4-18(5-8-21)28(38)36-12-10-35(11-13-36)25-9-6-20(17-23(25)31)33-29(41)34-27(37)22-15-19(30)16-24(32)26(22)39-2/h4-9,15-17H,3,10-14H2,1-2H3,(H2,33,34,37,41). The SMILES string of the molecule is CCCOc1ccc(C(=O)N2CCN(c3ccc(NC(=S)NC(=O)c4cc(Cl)cc(Cl)c4OC)cc3Cl)CC2)cc1. The van der Waals surface area contributed by atoms with E-state index in [1.807, 2.05) is 36.1 Å². The monoisotopic (exact) mass is 634 g/mol. The molecule has 2 N–H and O–H groups in total. The summed E-state index contributed by atoms with van der Waals surface area (Å²) in [6.07, 6.45) is 0.927. The van der Waals surface area contributed by atoms with E-state index in [2.05, 4.69) is 15.5 Å².